The van der Waals surface area contributed by atoms with Gasteiger partial charge in [-0.2, -0.15) is 0 Å². The third-order valence-corrected chi connectivity index (χ3v) is 10.6. The molecule has 1 aromatic heterocycles. The summed E-state index contributed by atoms with van der Waals surface area (Å²) in [6.45, 7) is 3.62. The van der Waals surface area contributed by atoms with Gasteiger partial charge in [-0.1, -0.05) is 63.3 Å². The van der Waals surface area contributed by atoms with Gasteiger partial charge in [0.1, 0.15) is 11.8 Å². The molecule has 0 saturated carbocycles. The van der Waals surface area contributed by atoms with E-state index in [2.05, 4.69) is 21.2 Å². The van der Waals surface area contributed by atoms with Crippen molar-refractivity contribution >= 4 is 74.1 Å². The maximum absolute atomic E-state index is 14.1. The van der Waals surface area contributed by atoms with Crippen LogP contribution in [0, 0.1) is 12.8 Å². The first kappa shape index (κ1) is 30.0. The molecule has 1 N–H and O–H groups in total. The standard InChI is InChI=1S/C32H26BrN3O6S2/c1-3-42-31(40)18-10-12-22(13-11-18)36-28(38)25-24(19-7-5-8-20(33)15-19)27-30(43-26(25)29(36)39)35(32(41)44-27)16-23(37)34-21-9-4-6-17(2)14-21/h4-15,24-26H,3,16H2,1-2H3,(H,34,37). The fraction of sp³-hybridized carbons (Fsp3) is 0.219. The van der Waals surface area contributed by atoms with Gasteiger partial charge in [-0.15, -0.1) is 0 Å². The van der Waals surface area contributed by atoms with Crippen molar-refractivity contribution in [3.63, 3.8) is 0 Å². The highest BCUT2D eigenvalue weighted by molar-refractivity contribution is 9.10. The molecule has 0 bridgehead atoms. The molecule has 3 heterocycles. The third-order valence-electron chi connectivity index (χ3n) is 7.50. The number of thiazole rings is 1. The Hall–Kier alpha value is -4.00. The van der Waals surface area contributed by atoms with Gasteiger partial charge in [0.2, 0.25) is 17.7 Å². The lowest BCUT2D eigenvalue weighted by atomic mass is 9.83. The lowest BCUT2D eigenvalue weighted by Crippen LogP contribution is -2.33. The highest BCUT2D eigenvalue weighted by Gasteiger charge is 2.56. The van der Waals surface area contributed by atoms with Gasteiger partial charge in [-0.3, -0.25) is 23.7 Å². The van der Waals surface area contributed by atoms with Gasteiger partial charge in [0, 0.05) is 21.0 Å². The Morgan fingerprint density at radius 1 is 0.977 bits per heavy atom. The lowest BCUT2D eigenvalue weighted by Gasteiger charge is -2.30. The Morgan fingerprint density at radius 2 is 1.73 bits per heavy atom. The van der Waals surface area contributed by atoms with Crippen LogP contribution in [0.3, 0.4) is 0 Å². The molecule has 3 aromatic carbocycles. The Labute approximate surface area is 269 Å². The Morgan fingerprint density at radius 3 is 2.43 bits per heavy atom. The average molecular weight is 693 g/mol. The van der Waals surface area contributed by atoms with Crippen LogP contribution in [0.15, 0.2) is 87.1 Å². The predicted molar refractivity (Wildman–Crippen MR) is 172 cm³/mol. The summed E-state index contributed by atoms with van der Waals surface area (Å²) in [4.78, 5) is 68.1. The van der Waals surface area contributed by atoms with E-state index >= 15 is 0 Å². The molecule has 1 saturated heterocycles. The number of halogens is 1. The number of thioether (sulfide) groups is 1. The van der Waals surface area contributed by atoms with Gasteiger partial charge in [0.15, 0.2) is 0 Å². The number of aromatic nitrogens is 1. The second-order valence-electron chi connectivity index (χ2n) is 10.4. The Balaban J connectivity index is 1.37. The van der Waals surface area contributed by atoms with Crippen LogP contribution in [0.5, 0.6) is 0 Å². The largest absolute Gasteiger partial charge is 0.462 e. The van der Waals surface area contributed by atoms with E-state index < -0.39 is 34.9 Å². The topological polar surface area (TPSA) is 115 Å². The van der Waals surface area contributed by atoms with Gasteiger partial charge in [-0.05, 0) is 73.5 Å². The number of hydrogen-bond acceptors (Lipinski definition) is 8. The number of imide groups is 1. The summed E-state index contributed by atoms with van der Waals surface area (Å²) < 4.78 is 7.24. The molecule has 44 heavy (non-hydrogen) atoms. The number of esters is 1. The molecule has 0 radical (unpaired) electrons. The maximum Gasteiger partial charge on any atom is 0.338 e. The van der Waals surface area contributed by atoms with E-state index in [4.69, 9.17) is 4.74 Å². The van der Waals surface area contributed by atoms with Crippen molar-refractivity contribution in [3.8, 4) is 0 Å². The first-order chi connectivity index (χ1) is 21.2. The molecule has 0 spiro atoms. The van der Waals surface area contributed by atoms with Gasteiger partial charge >= 0.3 is 10.8 Å². The molecular formula is C32H26BrN3O6S2. The number of rotatable bonds is 7. The number of carbonyl (C=O) groups excluding carboxylic acids is 4. The number of aryl methyl sites for hydroxylation is 1. The molecule has 4 aromatic rings. The van der Waals surface area contributed by atoms with Crippen molar-refractivity contribution < 1.29 is 23.9 Å². The van der Waals surface area contributed by atoms with Crippen LogP contribution < -0.4 is 15.1 Å². The van der Waals surface area contributed by atoms with Crippen LogP contribution in [-0.2, 0) is 25.7 Å². The summed E-state index contributed by atoms with van der Waals surface area (Å²) in [5, 5.41) is 2.52. The molecule has 12 heteroatoms. The molecule has 3 amide bonds. The highest BCUT2D eigenvalue weighted by Crippen LogP contribution is 2.54. The van der Waals surface area contributed by atoms with Gasteiger partial charge in [-0.25, -0.2) is 9.69 Å². The van der Waals surface area contributed by atoms with E-state index in [9.17, 15) is 24.0 Å². The van der Waals surface area contributed by atoms with E-state index in [1.807, 2.05) is 49.4 Å². The molecular weight excluding hydrogens is 666 g/mol. The normalized spacial score (nSPS) is 19.0. The van der Waals surface area contributed by atoms with Crippen LogP contribution in [0.4, 0.5) is 11.4 Å². The SMILES string of the molecule is CCOC(=O)c1ccc(N2C(=O)C3Sc4c(sc(=O)n4CC(=O)Nc4cccc(C)c4)C(c4cccc(Br)c4)C3C2=O)cc1. The van der Waals surface area contributed by atoms with E-state index in [0.29, 0.717) is 26.8 Å². The predicted octanol–water partition coefficient (Wildman–Crippen LogP) is 5.59. The molecule has 0 aliphatic carbocycles. The number of ether oxygens (including phenoxy) is 1. The Kier molecular flexibility index (Phi) is 8.32. The summed E-state index contributed by atoms with van der Waals surface area (Å²) in [6, 6.07) is 21.0. The molecule has 3 atom stereocenters. The van der Waals surface area contributed by atoms with Crippen molar-refractivity contribution in [1.29, 1.82) is 0 Å². The molecule has 2 aliphatic rings. The maximum atomic E-state index is 14.1. The Bertz CT molecular complexity index is 1870. The second kappa shape index (κ2) is 12.2. The summed E-state index contributed by atoms with van der Waals surface area (Å²) >= 11 is 5.66. The number of fused-ring (bicyclic) bond motifs is 2. The van der Waals surface area contributed by atoms with Crippen LogP contribution in [-0.4, -0.2) is 40.1 Å². The third kappa shape index (κ3) is 5.53. The zero-order valence-electron chi connectivity index (χ0n) is 23.6. The number of nitrogens with one attached hydrogen (secondary N) is 1. The number of benzene rings is 3. The number of carbonyl (C=O) groups is 4. The zero-order valence-corrected chi connectivity index (χ0v) is 26.8. The summed E-state index contributed by atoms with van der Waals surface area (Å²) in [5.74, 6) is -3.06. The molecule has 224 valence electrons. The highest BCUT2D eigenvalue weighted by atomic mass is 79.9. The smallest absolute Gasteiger partial charge is 0.338 e. The van der Waals surface area contributed by atoms with E-state index in [1.165, 1.54) is 16.7 Å². The number of anilines is 2. The molecule has 2 aliphatic heterocycles. The van der Waals surface area contributed by atoms with Crippen molar-refractivity contribution in [1.82, 2.24) is 4.57 Å². The number of hydrogen-bond donors (Lipinski definition) is 1. The fourth-order valence-corrected chi connectivity index (χ4v) is 8.79. The van der Waals surface area contributed by atoms with Gasteiger partial charge in [0.05, 0.1) is 28.8 Å². The summed E-state index contributed by atoms with van der Waals surface area (Å²) in [5.41, 5.74) is 3.02. The monoisotopic (exact) mass is 691 g/mol. The fourth-order valence-electron chi connectivity index (χ4n) is 5.60. The zero-order chi connectivity index (χ0) is 31.1. The van der Waals surface area contributed by atoms with Crippen LogP contribution in [0.25, 0.3) is 0 Å². The minimum Gasteiger partial charge on any atom is -0.462 e. The van der Waals surface area contributed by atoms with Crippen LogP contribution >= 0.6 is 39.0 Å². The molecule has 9 nitrogen and oxygen atoms in total. The minimum atomic E-state index is -0.830. The molecule has 3 unspecified atom stereocenters. The van der Waals surface area contributed by atoms with Crippen molar-refractivity contribution in [3.05, 3.63) is 109 Å². The average Bonchev–Trinajstić information content (AvgIpc) is 3.43. The second-order valence-corrected chi connectivity index (χ2v) is 13.5. The van der Waals surface area contributed by atoms with Crippen molar-refractivity contribution in [2.75, 3.05) is 16.8 Å². The lowest BCUT2D eigenvalue weighted by molar-refractivity contribution is -0.122. The van der Waals surface area contributed by atoms with Crippen molar-refractivity contribution in [2.45, 2.75) is 36.6 Å². The quantitative estimate of drug-likeness (QED) is 0.198. The van der Waals surface area contributed by atoms with E-state index in [1.54, 1.807) is 25.1 Å². The number of nitrogens with zero attached hydrogens (tertiary/aromatic N) is 2. The first-order valence-electron chi connectivity index (χ1n) is 13.8. The van der Waals surface area contributed by atoms with Gasteiger partial charge < -0.3 is 10.1 Å². The number of amides is 3. The van der Waals surface area contributed by atoms with Crippen LogP contribution in [0.2, 0.25) is 0 Å². The summed E-state index contributed by atoms with van der Waals surface area (Å²) in [6.07, 6.45) is 0. The van der Waals surface area contributed by atoms with Gasteiger partial charge in [0.25, 0.3) is 0 Å². The molecule has 6 rings (SSSR count). The minimum absolute atomic E-state index is 0.226. The summed E-state index contributed by atoms with van der Waals surface area (Å²) in [7, 11) is 0. The van der Waals surface area contributed by atoms with E-state index in [0.717, 1.165) is 43.6 Å². The van der Waals surface area contributed by atoms with E-state index in [-0.39, 0.29) is 23.9 Å². The first-order valence-corrected chi connectivity index (χ1v) is 16.3. The van der Waals surface area contributed by atoms with Crippen molar-refractivity contribution in [2.24, 2.45) is 5.92 Å². The molecule has 1 fully saturated rings. The van der Waals surface area contributed by atoms with Crippen LogP contribution in [0.1, 0.15) is 39.2 Å².